The molecule has 0 radical (unpaired) electrons. The first kappa shape index (κ1) is 9.45. The zero-order valence-electron chi connectivity index (χ0n) is 8.44. The molecule has 1 atom stereocenters. The summed E-state index contributed by atoms with van der Waals surface area (Å²) < 4.78 is 5.69. The summed E-state index contributed by atoms with van der Waals surface area (Å²) in [6.45, 7) is 4.43. The van der Waals surface area contributed by atoms with Gasteiger partial charge in [0, 0.05) is 13.2 Å². The number of hydrogen-bond donors (Lipinski definition) is 1. The molecular formula is C9H16N4O. The van der Waals surface area contributed by atoms with Crippen molar-refractivity contribution in [3.8, 4) is 0 Å². The Morgan fingerprint density at radius 2 is 2.57 bits per heavy atom. The van der Waals surface area contributed by atoms with Crippen LogP contribution in [-0.2, 0) is 4.74 Å². The highest BCUT2D eigenvalue weighted by Gasteiger charge is 2.31. The third-order valence-corrected chi connectivity index (χ3v) is 2.61. The van der Waals surface area contributed by atoms with E-state index in [1.165, 1.54) is 0 Å². The Kier molecular flexibility index (Phi) is 2.41. The minimum atomic E-state index is -0.0341. The molecule has 2 aliphatic heterocycles. The topological polar surface area (TPSA) is 63.2 Å². The maximum atomic E-state index is 5.69. The van der Waals surface area contributed by atoms with Crippen LogP contribution in [0.15, 0.2) is 9.98 Å². The van der Waals surface area contributed by atoms with Crippen molar-refractivity contribution in [2.45, 2.75) is 25.4 Å². The van der Waals surface area contributed by atoms with Crippen LogP contribution in [0.2, 0.25) is 0 Å². The second-order valence-corrected chi connectivity index (χ2v) is 4.05. The van der Waals surface area contributed by atoms with Gasteiger partial charge in [-0.25, -0.2) is 9.98 Å². The van der Waals surface area contributed by atoms with Crippen LogP contribution in [0.5, 0.6) is 0 Å². The molecule has 0 amide bonds. The summed E-state index contributed by atoms with van der Waals surface area (Å²) in [5.41, 5.74) is 5.40. The average molecular weight is 196 g/mol. The Balaban J connectivity index is 1.90. The van der Waals surface area contributed by atoms with E-state index in [-0.39, 0.29) is 5.60 Å². The van der Waals surface area contributed by atoms with E-state index in [1.54, 1.807) is 6.34 Å². The quantitative estimate of drug-likeness (QED) is 0.685. The van der Waals surface area contributed by atoms with Crippen LogP contribution in [0.25, 0.3) is 0 Å². The van der Waals surface area contributed by atoms with Gasteiger partial charge in [0.25, 0.3) is 0 Å². The molecule has 1 saturated heterocycles. The lowest BCUT2D eigenvalue weighted by atomic mass is 10.0. The van der Waals surface area contributed by atoms with E-state index in [2.05, 4.69) is 16.9 Å². The van der Waals surface area contributed by atoms with Crippen molar-refractivity contribution in [1.82, 2.24) is 4.90 Å². The molecule has 0 aromatic heterocycles. The molecule has 2 aliphatic rings. The van der Waals surface area contributed by atoms with Gasteiger partial charge in [-0.05, 0) is 19.8 Å². The summed E-state index contributed by atoms with van der Waals surface area (Å²) >= 11 is 0. The number of guanidine groups is 1. The molecule has 0 aromatic carbocycles. The van der Waals surface area contributed by atoms with Gasteiger partial charge in [0.2, 0.25) is 5.96 Å². The maximum Gasteiger partial charge on any atom is 0.218 e. The van der Waals surface area contributed by atoms with E-state index >= 15 is 0 Å². The molecule has 0 bridgehead atoms. The minimum absolute atomic E-state index is 0.0341. The molecule has 1 unspecified atom stereocenters. The number of ether oxygens (including phenoxy) is 1. The van der Waals surface area contributed by atoms with E-state index < -0.39 is 0 Å². The summed E-state index contributed by atoms with van der Waals surface area (Å²) in [5, 5.41) is 0. The van der Waals surface area contributed by atoms with Crippen molar-refractivity contribution in [3.63, 3.8) is 0 Å². The normalized spacial score (nSPS) is 32.1. The first-order valence-corrected chi connectivity index (χ1v) is 4.90. The second kappa shape index (κ2) is 3.57. The Morgan fingerprint density at radius 1 is 1.71 bits per heavy atom. The standard InChI is InChI=1S/C9H16N4O/c1-9(3-2-4-14-9)5-13-6-11-8(10)12-7-13/h6H,2-5,7H2,1H3,(H2,10,12). The molecule has 0 aliphatic carbocycles. The van der Waals surface area contributed by atoms with Crippen LogP contribution < -0.4 is 5.73 Å². The molecule has 14 heavy (non-hydrogen) atoms. The molecule has 1 fully saturated rings. The van der Waals surface area contributed by atoms with Crippen molar-refractivity contribution >= 4 is 12.3 Å². The van der Waals surface area contributed by atoms with E-state index in [0.29, 0.717) is 12.6 Å². The first-order chi connectivity index (χ1) is 6.68. The maximum absolute atomic E-state index is 5.69. The predicted octanol–water partition coefficient (Wildman–Crippen LogP) is 0.172. The average Bonchev–Trinajstić information content (AvgIpc) is 2.57. The monoisotopic (exact) mass is 196 g/mol. The number of aliphatic imine (C=N–C) groups is 2. The van der Waals surface area contributed by atoms with Gasteiger partial charge in [-0.2, -0.15) is 0 Å². The molecule has 2 N–H and O–H groups in total. The highest BCUT2D eigenvalue weighted by atomic mass is 16.5. The Morgan fingerprint density at radius 3 is 3.14 bits per heavy atom. The van der Waals surface area contributed by atoms with Gasteiger partial charge in [0.15, 0.2) is 0 Å². The number of hydrogen-bond acceptors (Lipinski definition) is 5. The third kappa shape index (κ3) is 2.04. The summed E-state index contributed by atoms with van der Waals surface area (Å²) in [5.74, 6) is 0.360. The fraction of sp³-hybridized carbons (Fsp3) is 0.778. The fourth-order valence-electron chi connectivity index (χ4n) is 1.86. The van der Waals surface area contributed by atoms with Gasteiger partial charge in [0.1, 0.15) is 6.67 Å². The lowest BCUT2D eigenvalue weighted by molar-refractivity contribution is 0.00535. The van der Waals surface area contributed by atoms with Crippen molar-refractivity contribution in [2.24, 2.45) is 15.7 Å². The predicted molar refractivity (Wildman–Crippen MR) is 55.3 cm³/mol. The Bertz CT molecular complexity index is 268. The molecular weight excluding hydrogens is 180 g/mol. The summed E-state index contributed by atoms with van der Waals surface area (Å²) in [4.78, 5) is 10.0. The SMILES string of the molecule is CC1(CN2C=NC(N)=NC2)CCCO1. The van der Waals surface area contributed by atoms with E-state index in [4.69, 9.17) is 10.5 Å². The summed E-state index contributed by atoms with van der Waals surface area (Å²) in [6.07, 6.45) is 4.00. The molecule has 2 heterocycles. The highest BCUT2D eigenvalue weighted by molar-refractivity contribution is 5.87. The number of nitrogens with zero attached hydrogens (tertiary/aromatic N) is 3. The van der Waals surface area contributed by atoms with Crippen molar-refractivity contribution in [3.05, 3.63) is 0 Å². The highest BCUT2D eigenvalue weighted by Crippen LogP contribution is 2.25. The van der Waals surface area contributed by atoms with Crippen LogP contribution in [-0.4, -0.2) is 42.6 Å². The molecule has 5 heteroatoms. The van der Waals surface area contributed by atoms with Gasteiger partial charge in [0.05, 0.1) is 11.9 Å². The molecule has 5 nitrogen and oxygen atoms in total. The van der Waals surface area contributed by atoms with Crippen LogP contribution in [0.1, 0.15) is 19.8 Å². The second-order valence-electron chi connectivity index (χ2n) is 4.05. The minimum Gasteiger partial charge on any atom is -0.373 e. The lowest BCUT2D eigenvalue weighted by Gasteiger charge is -2.30. The fourth-order valence-corrected chi connectivity index (χ4v) is 1.86. The van der Waals surface area contributed by atoms with Gasteiger partial charge in [-0.15, -0.1) is 0 Å². The molecule has 78 valence electrons. The van der Waals surface area contributed by atoms with Gasteiger partial charge < -0.3 is 15.4 Å². The van der Waals surface area contributed by atoms with Crippen molar-refractivity contribution < 1.29 is 4.74 Å². The van der Waals surface area contributed by atoms with E-state index in [9.17, 15) is 0 Å². The number of rotatable bonds is 2. The molecule has 0 saturated carbocycles. The Hall–Kier alpha value is -1.10. The van der Waals surface area contributed by atoms with Crippen LogP contribution in [0.3, 0.4) is 0 Å². The first-order valence-electron chi connectivity index (χ1n) is 4.90. The zero-order valence-corrected chi connectivity index (χ0v) is 8.44. The van der Waals surface area contributed by atoms with Gasteiger partial charge in [-0.1, -0.05) is 0 Å². The lowest BCUT2D eigenvalue weighted by Crippen LogP contribution is -2.41. The van der Waals surface area contributed by atoms with E-state index in [1.807, 2.05) is 4.90 Å². The smallest absolute Gasteiger partial charge is 0.218 e. The van der Waals surface area contributed by atoms with Crippen molar-refractivity contribution in [2.75, 3.05) is 19.8 Å². The zero-order chi connectivity index (χ0) is 10.0. The molecule has 0 aromatic rings. The van der Waals surface area contributed by atoms with Gasteiger partial charge >= 0.3 is 0 Å². The molecule has 0 spiro atoms. The molecule has 2 rings (SSSR count). The summed E-state index contributed by atoms with van der Waals surface area (Å²) in [7, 11) is 0. The van der Waals surface area contributed by atoms with E-state index in [0.717, 1.165) is 26.0 Å². The van der Waals surface area contributed by atoms with Crippen LogP contribution in [0, 0.1) is 0 Å². The number of nitrogens with two attached hydrogens (primary N) is 1. The van der Waals surface area contributed by atoms with Crippen LogP contribution >= 0.6 is 0 Å². The summed E-state index contributed by atoms with van der Waals surface area (Å²) in [6, 6.07) is 0. The van der Waals surface area contributed by atoms with Crippen LogP contribution in [0.4, 0.5) is 0 Å². The van der Waals surface area contributed by atoms with Crippen molar-refractivity contribution in [1.29, 1.82) is 0 Å². The largest absolute Gasteiger partial charge is 0.373 e. The van der Waals surface area contributed by atoms with Gasteiger partial charge in [-0.3, -0.25) is 0 Å². The third-order valence-electron chi connectivity index (χ3n) is 2.61. The Labute approximate surface area is 83.7 Å².